The molecule has 0 spiro atoms. The summed E-state index contributed by atoms with van der Waals surface area (Å²) in [6.07, 6.45) is 3.78. The molecule has 1 aromatic rings. The van der Waals surface area contributed by atoms with Gasteiger partial charge in [-0.3, -0.25) is 4.79 Å². The first-order valence-corrected chi connectivity index (χ1v) is 7.75. The molecule has 1 N–H and O–H groups in total. The Morgan fingerprint density at radius 3 is 2.70 bits per heavy atom. The van der Waals surface area contributed by atoms with Crippen molar-refractivity contribution in [2.45, 2.75) is 44.4 Å². The van der Waals surface area contributed by atoms with Gasteiger partial charge >= 0.3 is 0 Å². The minimum Gasteiger partial charge on any atom is -0.365 e. The molecular weight excluding hydrogens is 250 g/mol. The molecule has 1 aliphatic heterocycles. The van der Waals surface area contributed by atoms with Gasteiger partial charge in [-0.25, -0.2) is 0 Å². The van der Waals surface area contributed by atoms with Crippen molar-refractivity contribution in [2.75, 3.05) is 0 Å². The maximum absolute atomic E-state index is 12.2. The Bertz CT molecular complexity index is 515. The van der Waals surface area contributed by atoms with E-state index in [0.29, 0.717) is 17.8 Å². The van der Waals surface area contributed by atoms with E-state index in [-0.39, 0.29) is 24.2 Å². The van der Waals surface area contributed by atoms with Crippen LogP contribution >= 0.6 is 0 Å². The lowest BCUT2D eigenvalue weighted by Gasteiger charge is -2.34. The van der Waals surface area contributed by atoms with Crippen molar-refractivity contribution >= 4 is 5.91 Å². The van der Waals surface area contributed by atoms with Gasteiger partial charge in [-0.1, -0.05) is 30.3 Å². The Hall–Kier alpha value is -1.35. The topological polar surface area (TPSA) is 38.3 Å². The quantitative estimate of drug-likeness (QED) is 0.853. The predicted molar refractivity (Wildman–Crippen MR) is 76.0 cm³/mol. The summed E-state index contributed by atoms with van der Waals surface area (Å²) >= 11 is 0. The van der Waals surface area contributed by atoms with Gasteiger partial charge in [0.2, 0.25) is 5.91 Å². The third-order valence-corrected chi connectivity index (χ3v) is 5.47. The fourth-order valence-corrected chi connectivity index (χ4v) is 4.58. The molecule has 1 saturated heterocycles. The summed E-state index contributed by atoms with van der Waals surface area (Å²) in [5.74, 6) is 1.85. The molecule has 6 atom stereocenters. The molecule has 2 aliphatic carbocycles. The molecule has 3 fully saturated rings. The highest BCUT2D eigenvalue weighted by molar-refractivity contribution is 5.81. The van der Waals surface area contributed by atoms with Crippen LogP contribution in [0.4, 0.5) is 0 Å². The maximum atomic E-state index is 12.2. The summed E-state index contributed by atoms with van der Waals surface area (Å²) in [7, 11) is 0. The minimum absolute atomic E-state index is 0.0349. The minimum atomic E-state index is -0.324. The SMILES string of the molecule is CC1O[C@@H]2[C@H]3CC[C@H](C3)[C@@H]2[C@H](c2ccccc2)NC1=O. The van der Waals surface area contributed by atoms with Gasteiger partial charge in [0.25, 0.3) is 0 Å². The molecule has 3 heteroatoms. The first kappa shape index (κ1) is 12.4. The molecule has 1 unspecified atom stereocenters. The number of benzene rings is 1. The number of rotatable bonds is 1. The Labute approximate surface area is 119 Å². The van der Waals surface area contributed by atoms with Gasteiger partial charge in [0.05, 0.1) is 12.1 Å². The summed E-state index contributed by atoms with van der Waals surface area (Å²) in [6, 6.07) is 10.5. The summed E-state index contributed by atoms with van der Waals surface area (Å²) < 4.78 is 6.12. The van der Waals surface area contributed by atoms with Gasteiger partial charge in [-0.05, 0) is 43.6 Å². The number of hydrogen-bond acceptors (Lipinski definition) is 2. The summed E-state index contributed by atoms with van der Waals surface area (Å²) in [5, 5.41) is 3.24. The van der Waals surface area contributed by atoms with Gasteiger partial charge in [0.1, 0.15) is 6.10 Å². The standard InChI is InChI=1S/C17H21NO2/c1-10-17(19)18-15(11-5-3-2-4-6-11)14-12-7-8-13(9-12)16(14)20-10/h2-6,10,12-16H,7-9H2,1H3,(H,18,19)/t10?,12-,13+,14-,15+,16-/m1/s1. The monoisotopic (exact) mass is 271 g/mol. The van der Waals surface area contributed by atoms with Crippen LogP contribution in [0, 0.1) is 17.8 Å². The highest BCUT2D eigenvalue weighted by Gasteiger charge is 2.54. The van der Waals surface area contributed by atoms with Crippen molar-refractivity contribution < 1.29 is 9.53 Å². The second-order valence-electron chi connectivity index (χ2n) is 6.55. The van der Waals surface area contributed by atoms with Crippen molar-refractivity contribution in [3.8, 4) is 0 Å². The third-order valence-electron chi connectivity index (χ3n) is 5.47. The molecule has 20 heavy (non-hydrogen) atoms. The zero-order valence-corrected chi connectivity index (χ0v) is 11.8. The average molecular weight is 271 g/mol. The first-order valence-electron chi connectivity index (χ1n) is 7.75. The van der Waals surface area contributed by atoms with Gasteiger partial charge in [-0.15, -0.1) is 0 Å². The second kappa shape index (κ2) is 4.59. The molecule has 2 saturated carbocycles. The van der Waals surface area contributed by atoms with E-state index in [4.69, 9.17) is 4.74 Å². The summed E-state index contributed by atoms with van der Waals surface area (Å²) in [5.41, 5.74) is 1.22. The molecule has 2 bridgehead atoms. The summed E-state index contributed by atoms with van der Waals surface area (Å²) in [6.45, 7) is 1.88. The highest BCUT2D eigenvalue weighted by atomic mass is 16.5. The zero-order chi connectivity index (χ0) is 13.7. The van der Waals surface area contributed by atoms with Crippen molar-refractivity contribution in [3.63, 3.8) is 0 Å². The van der Waals surface area contributed by atoms with Crippen LogP contribution in [0.3, 0.4) is 0 Å². The lowest BCUT2D eigenvalue weighted by Crippen LogP contribution is -2.38. The van der Waals surface area contributed by atoms with E-state index in [9.17, 15) is 4.79 Å². The van der Waals surface area contributed by atoms with Crippen LogP contribution in [-0.4, -0.2) is 18.1 Å². The van der Waals surface area contributed by atoms with Gasteiger partial charge in [-0.2, -0.15) is 0 Å². The van der Waals surface area contributed by atoms with Gasteiger partial charge < -0.3 is 10.1 Å². The van der Waals surface area contributed by atoms with Crippen molar-refractivity contribution in [1.29, 1.82) is 0 Å². The Balaban J connectivity index is 1.74. The van der Waals surface area contributed by atoms with Crippen LogP contribution in [0.2, 0.25) is 0 Å². The van der Waals surface area contributed by atoms with Crippen LogP contribution in [0.1, 0.15) is 37.8 Å². The first-order chi connectivity index (χ1) is 9.74. The molecule has 4 rings (SSSR count). The molecule has 106 valence electrons. The smallest absolute Gasteiger partial charge is 0.249 e. The Morgan fingerprint density at radius 1 is 1.15 bits per heavy atom. The number of amides is 1. The largest absolute Gasteiger partial charge is 0.365 e. The van der Waals surface area contributed by atoms with Crippen molar-refractivity contribution in [3.05, 3.63) is 35.9 Å². The number of fused-ring (bicyclic) bond motifs is 5. The third kappa shape index (κ3) is 1.80. The van der Waals surface area contributed by atoms with Crippen molar-refractivity contribution in [2.24, 2.45) is 17.8 Å². The Kier molecular flexibility index (Phi) is 2.84. The number of carbonyl (C=O) groups is 1. The van der Waals surface area contributed by atoms with E-state index < -0.39 is 0 Å². The van der Waals surface area contributed by atoms with Crippen LogP contribution < -0.4 is 5.32 Å². The number of hydrogen-bond donors (Lipinski definition) is 1. The Morgan fingerprint density at radius 2 is 1.90 bits per heavy atom. The van der Waals surface area contributed by atoms with E-state index in [2.05, 4.69) is 29.6 Å². The highest BCUT2D eigenvalue weighted by Crippen LogP contribution is 2.54. The number of ether oxygens (including phenoxy) is 1. The van der Waals surface area contributed by atoms with Crippen molar-refractivity contribution in [1.82, 2.24) is 5.32 Å². The van der Waals surface area contributed by atoms with E-state index >= 15 is 0 Å². The molecule has 1 aromatic carbocycles. The molecule has 0 aromatic heterocycles. The molecule has 3 aliphatic rings. The van der Waals surface area contributed by atoms with Crippen LogP contribution in [0.5, 0.6) is 0 Å². The van der Waals surface area contributed by atoms with E-state index in [1.165, 1.54) is 24.8 Å². The maximum Gasteiger partial charge on any atom is 0.249 e. The van der Waals surface area contributed by atoms with Gasteiger partial charge in [0, 0.05) is 5.92 Å². The number of nitrogens with one attached hydrogen (secondary N) is 1. The fraction of sp³-hybridized carbons (Fsp3) is 0.588. The lowest BCUT2D eigenvalue weighted by molar-refractivity contribution is -0.134. The van der Waals surface area contributed by atoms with E-state index in [1.807, 2.05) is 13.0 Å². The average Bonchev–Trinajstić information content (AvgIpc) is 3.03. The predicted octanol–water partition coefficient (Wildman–Crippen LogP) is 2.68. The second-order valence-corrected chi connectivity index (χ2v) is 6.55. The molecule has 1 amide bonds. The van der Waals surface area contributed by atoms with Crippen LogP contribution in [0.25, 0.3) is 0 Å². The van der Waals surface area contributed by atoms with Crippen LogP contribution in [0.15, 0.2) is 30.3 Å². The fourth-order valence-electron chi connectivity index (χ4n) is 4.58. The van der Waals surface area contributed by atoms with Crippen LogP contribution in [-0.2, 0) is 9.53 Å². The molecule has 0 radical (unpaired) electrons. The van der Waals surface area contributed by atoms with E-state index in [0.717, 1.165) is 0 Å². The molecular formula is C17H21NO2. The molecule has 1 heterocycles. The lowest BCUT2D eigenvalue weighted by atomic mass is 9.78. The summed E-state index contributed by atoms with van der Waals surface area (Å²) in [4.78, 5) is 12.2. The molecule has 3 nitrogen and oxygen atoms in total. The van der Waals surface area contributed by atoms with Gasteiger partial charge in [0.15, 0.2) is 0 Å². The number of carbonyl (C=O) groups excluding carboxylic acids is 1. The normalized spacial score (nSPS) is 43.0. The zero-order valence-electron chi connectivity index (χ0n) is 11.8. The van der Waals surface area contributed by atoms with E-state index in [1.54, 1.807) is 0 Å².